The van der Waals surface area contributed by atoms with E-state index in [-0.39, 0.29) is 23.6 Å². The summed E-state index contributed by atoms with van der Waals surface area (Å²) in [4.78, 5) is 42.4. The zero-order chi connectivity index (χ0) is 37.2. The number of hydrogen-bond acceptors (Lipinski definition) is 7. The highest BCUT2D eigenvalue weighted by Crippen LogP contribution is 2.49. The molecule has 0 radical (unpaired) electrons. The van der Waals surface area contributed by atoms with E-state index < -0.39 is 17.8 Å². The monoisotopic (exact) mass is 745 g/mol. The molecule has 0 amide bonds. The molecule has 0 aromatic heterocycles. The number of aliphatic carboxylic acids is 1. The van der Waals surface area contributed by atoms with Crippen LogP contribution in [0.3, 0.4) is 0 Å². The molecule has 2 N–H and O–H groups in total. The smallest absolute Gasteiger partial charge is 0.310 e. The van der Waals surface area contributed by atoms with Crippen molar-refractivity contribution in [3.05, 3.63) is 0 Å². The van der Waals surface area contributed by atoms with Crippen molar-refractivity contribution in [2.45, 2.75) is 193 Å². The van der Waals surface area contributed by atoms with Gasteiger partial charge < -0.3 is 9.84 Å². The Bertz CT molecular complexity index is 1100. The minimum atomic E-state index is -0.829. The van der Waals surface area contributed by atoms with Gasteiger partial charge in [0.25, 0.3) is 0 Å². The van der Waals surface area contributed by atoms with Crippen LogP contribution in [0.1, 0.15) is 181 Å². The van der Waals surface area contributed by atoms with Gasteiger partial charge >= 0.3 is 11.9 Å². The molecular weight excluding hydrogens is 668 g/mol. The quantitative estimate of drug-likeness (QED) is 0.0968. The van der Waals surface area contributed by atoms with E-state index >= 15 is 0 Å². The molecule has 0 saturated heterocycles. The predicted octanol–water partition coefficient (Wildman–Crippen LogP) is 11.2. The van der Waals surface area contributed by atoms with Crippen LogP contribution >= 0.6 is 0 Å². The zero-order valence-corrected chi connectivity index (χ0v) is 33.6. The summed E-state index contributed by atoms with van der Waals surface area (Å²) in [5.74, 6) is 2.62. The Morgan fingerprint density at radius 1 is 0.566 bits per heavy atom. The van der Waals surface area contributed by atoms with Crippen LogP contribution in [0.5, 0.6) is 0 Å². The van der Waals surface area contributed by atoms with Crippen LogP contribution in [0.4, 0.5) is 0 Å². The van der Waals surface area contributed by atoms with Crippen LogP contribution in [-0.4, -0.2) is 47.7 Å². The van der Waals surface area contributed by atoms with Crippen molar-refractivity contribution < 1.29 is 39.4 Å². The molecule has 304 valence electrons. The van der Waals surface area contributed by atoms with Crippen molar-refractivity contribution in [1.29, 1.82) is 0 Å². The van der Waals surface area contributed by atoms with Crippen molar-refractivity contribution in [2.75, 3.05) is 13.2 Å². The van der Waals surface area contributed by atoms with E-state index in [2.05, 4.69) is 18.7 Å². The summed E-state index contributed by atoms with van der Waals surface area (Å²) in [7, 11) is 0. The van der Waals surface area contributed by atoms with Crippen LogP contribution in [0.15, 0.2) is 0 Å². The summed E-state index contributed by atoms with van der Waals surface area (Å²) >= 11 is 0. The first-order chi connectivity index (χ1) is 25.7. The molecule has 0 aliphatic heterocycles. The maximum Gasteiger partial charge on any atom is 0.310 e. The first-order valence-corrected chi connectivity index (χ1v) is 22.7. The van der Waals surface area contributed by atoms with Gasteiger partial charge in [0, 0.05) is 0 Å². The number of rotatable bonds is 15. The molecule has 0 heterocycles. The molecule has 8 nitrogen and oxygen atoms in total. The van der Waals surface area contributed by atoms with Crippen LogP contribution in [0, 0.1) is 64.6 Å². The standard InChI is InChI=1S/C45H76O8/c1-45(2,37-16-20-39(21-17-37)52-44(48)42-28-34(14-24-41(42)43(46)47)26-32-11-7-4-8-12-32)38-18-22-40(23-19-38)53-51-30-36-27-33(13-15-35(36)29-50-49)25-31-9-5-3-6-10-31/h31-42,49H,3-30H2,1-2H3,(H,46,47). The average molecular weight is 745 g/mol. The van der Waals surface area contributed by atoms with Crippen molar-refractivity contribution in [2.24, 2.45) is 64.6 Å². The molecule has 6 aliphatic rings. The van der Waals surface area contributed by atoms with Crippen LogP contribution in [0.25, 0.3) is 0 Å². The van der Waals surface area contributed by atoms with Crippen LogP contribution in [-0.2, 0) is 29.0 Å². The largest absolute Gasteiger partial charge is 0.481 e. The Morgan fingerprint density at radius 2 is 1.11 bits per heavy atom. The van der Waals surface area contributed by atoms with Gasteiger partial charge in [0.05, 0.1) is 31.2 Å². The Labute approximate surface area is 321 Å². The second-order valence-electron chi connectivity index (χ2n) is 19.8. The number of carboxylic acid groups (broad SMARTS) is 1. The highest BCUT2D eigenvalue weighted by Gasteiger charge is 2.44. The topological polar surface area (TPSA) is 112 Å². The van der Waals surface area contributed by atoms with Gasteiger partial charge in [0.15, 0.2) is 0 Å². The van der Waals surface area contributed by atoms with E-state index in [1.807, 2.05) is 0 Å². The second kappa shape index (κ2) is 20.3. The maximum absolute atomic E-state index is 13.6. The van der Waals surface area contributed by atoms with E-state index in [4.69, 9.17) is 14.5 Å². The fraction of sp³-hybridized carbons (Fsp3) is 0.956. The van der Waals surface area contributed by atoms with E-state index in [1.165, 1.54) is 77.0 Å². The summed E-state index contributed by atoms with van der Waals surface area (Å²) in [5.41, 5.74) is 0.206. The summed E-state index contributed by atoms with van der Waals surface area (Å²) in [6.07, 6.45) is 30.1. The van der Waals surface area contributed by atoms with Gasteiger partial charge in [0.2, 0.25) is 0 Å². The minimum absolute atomic E-state index is 0.0840. The maximum atomic E-state index is 13.6. The van der Waals surface area contributed by atoms with Crippen molar-refractivity contribution in [3.8, 4) is 0 Å². The zero-order valence-electron chi connectivity index (χ0n) is 33.6. The third-order valence-corrected chi connectivity index (χ3v) is 16.1. The normalized spacial score (nSPS) is 36.9. The van der Waals surface area contributed by atoms with Gasteiger partial charge in [-0.15, -0.1) is 0 Å². The lowest BCUT2D eigenvalue weighted by Gasteiger charge is -2.46. The number of ether oxygens (including phenoxy) is 1. The van der Waals surface area contributed by atoms with Crippen molar-refractivity contribution in [3.63, 3.8) is 0 Å². The van der Waals surface area contributed by atoms with Crippen LogP contribution in [0.2, 0.25) is 0 Å². The van der Waals surface area contributed by atoms with E-state index in [0.717, 1.165) is 94.8 Å². The molecule has 6 rings (SSSR count). The Morgan fingerprint density at radius 3 is 1.68 bits per heavy atom. The minimum Gasteiger partial charge on any atom is -0.481 e. The molecule has 0 spiro atoms. The molecule has 6 saturated carbocycles. The van der Waals surface area contributed by atoms with Crippen molar-refractivity contribution >= 4 is 11.9 Å². The van der Waals surface area contributed by atoms with E-state index in [0.29, 0.717) is 55.6 Å². The molecule has 6 atom stereocenters. The molecular formula is C45H76O8. The Kier molecular flexibility index (Phi) is 15.8. The number of carbonyl (C=O) groups is 2. The Balaban J connectivity index is 0.901. The number of esters is 1. The summed E-state index contributed by atoms with van der Waals surface area (Å²) < 4.78 is 6.16. The molecule has 0 aromatic carbocycles. The average Bonchev–Trinajstić information content (AvgIpc) is 3.17. The number of hydrogen-bond donors (Lipinski definition) is 2. The van der Waals surface area contributed by atoms with Crippen LogP contribution < -0.4 is 0 Å². The molecule has 0 bridgehead atoms. The van der Waals surface area contributed by atoms with Gasteiger partial charge in [-0.3, -0.25) is 14.8 Å². The van der Waals surface area contributed by atoms with Crippen molar-refractivity contribution in [1.82, 2.24) is 0 Å². The Hall–Kier alpha value is -1.22. The second-order valence-corrected chi connectivity index (χ2v) is 19.8. The van der Waals surface area contributed by atoms with E-state index in [9.17, 15) is 20.0 Å². The summed E-state index contributed by atoms with van der Waals surface area (Å²) in [5, 5.41) is 19.2. The summed E-state index contributed by atoms with van der Waals surface area (Å²) in [6, 6.07) is 0. The van der Waals surface area contributed by atoms with Gasteiger partial charge in [-0.05, 0) is 149 Å². The molecule has 6 unspecified atom stereocenters. The SMILES string of the molecule is CC(C)(C1CCC(OOCC2CC(CC3CCCCC3)CCC2COO)CC1)C1CCC(OC(=O)C2CC(CC3CCCCC3)CCC2C(=O)O)CC1. The lowest BCUT2D eigenvalue weighted by Crippen LogP contribution is -2.41. The predicted molar refractivity (Wildman–Crippen MR) is 206 cm³/mol. The third-order valence-electron chi connectivity index (χ3n) is 16.1. The number of carboxylic acids is 1. The first-order valence-electron chi connectivity index (χ1n) is 22.7. The number of carbonyl (C=O) groups excluding carboxylic acids is 1. The van der Waals surface area contributed by atoms with Gasteiger partial charge in [-0.2, -0.15) is 0 Å². The first kappa shape index (κ1) is 41.4. The lowest BCUT2D eigenvalue weighted by atomic mass is 9.60. The molecule has 6 aliphatic carbocycles. The van der Waals surface area contributed by atoms with Gasteiger partial charge in [0.1, 0.15) is 6.10 Å². The highest BCUT2D eigenvalue weighted by atomic mass is 17.2. The fourth-order valence-corrected chi connectivity index (χ4v) is 12.6. The fourth-order valence-electron chi connectivity index (χ4n) is 12.6. The highest BCUT2D eigenvalue weighted by molar-refractivity contribution is 5.81. The third kappa shape index (κ3) is 11.7. The van der Waals surface area contributed by atoms with Gasteiger partial charge in [-0.1, -0.05) is 84.5 Å². The van der Waals surface area contributed by atoms with Gasteiger partial charge in [-0.25, -0.2) is 14.7 Å². The van der Waals surface area contributed by atoms with E-state index in [1.54, 1.807) is 0 Å². The summed E-state index contributed by atoms with van der Waals surface area (Å²) in [6.45, 7) is 5.89. The lowest BCUT2D eigenvalue weighted by molar-refractivity contribution is -0.341. The molecule has 53 heavy (non-hydrogen) atoms. The molecule has 8 heteroatoms. The molecule has 6 fully saturated rings. The molecule has 0 aromatic rings.